The van der Waals surface area contributed by atoms with E-state index >= 15 is 0 Å². The molecule has 5 nitrogen and oxygen atoms in total. The summed E-state index contributed by atoms with van der Waals surface area (Å²) in [6.45, 7) is -0.0131. The highest BCUT2D eigenvalue weighted by atomic mass is 16.2. The molecule has 3 rings (SSSR count). The van der Waals surface area contributed by atoms with Crippen LogP contribution in [0, 0.1) is 0 Å². The number of carbonyl (C=O) groups excluding carboxylic acids is 2. The fourth-order valence-corrected chi connectivity index (χ4v) is 2.81. The van der Waals surface area contributed by atoms with Gasteiger partial charge in [0.1, 0.15) is 0 Å². The number of aromatic nitrogens is 1. The quantitative estimate of drug-likeness (QED) is 0.889. The molecule has 2 N–H and O–H groups in total. The van der Waals surface area contributed by atoms with Gasteiger partial charge in [-0.3, -0.25) is 14.6 Å². The predicted molar refractivity (Wildman–Crippen MR) is 80.2 cm³/mol. The molecule has 1 aromatic carbocycles. The van der Waals surface area contributed by atoms with E-state index in [-0.39, 0.29) is 18.4 Å². The lowest BCUT2D eigenvalue weighted by Gasteiger charge is -2.12. The largest absolute Gasteiger partial charge is 0.358 e. The van der Waals surface area contributed by atoms with Crippen molar-refractivity contribution in [2.75, 3.05) is 13.6 Å². The zero-order valence-corrected chi connectivity index (χ0v) is 11.9. The Labute approximate surface area is 122 Å². The number of fused-ring (bicyclic) bond motifs is 2. The van der Waals surface area contributed by atoms with Crippen LogP contribution in [0.4, 0.5) is 0 Å². The summed E-state index contributed by atoms with van der Waals surface area (Å²) in [5, 5.41) is 6.04. The lowest BCUT2D eigenvalue weighted by atomic mass is 10.0. The maximum Gasteiger partial charge on any atom is 0.252 e. The molecule has 108 valence electrons. The molecule has 0 unspecified atom stereocenters. The van der Waals surface area contributed by atoms with Crippen LogP contribution in [-0.4, -0.2) is 30.4 Å². The summed E-state index contributed by atoms with van der Waals surface area (Å²) < 4.78 is 0. The molecule has 21 heavy (non-hydrogen) atoms. The molecule has 0 radical (unpaired) electrons. The number of amides is 2. The zero-order valence-electron chi connectivity index (χ0n) is 11.9. The summed E-state index contributed by atoms with van der Waals surface area (Å²) in [7, 11) is 1.55. The Balaban J connectivity index is 2.04. The van der Waals surface area contributed by atoms with Crippen LogP contribution in [-0.2, 0) is 17.6 Å². The number of benzene rings is 1. The average Bonchev–Trinajstić information content (AvgIpc) is 2.97. The molecule has 1 aliphatic carbocycles. The number of likely N-dealkylation sites (N-methyl/N-ethyl adjacent to an activating group) is 1. The second-order valence-corrected chi connectivity index (χ2v) is 5.14. The number of nitrogens with one attached hydrogen (secondary N) is 2. The smallest absolute Gasteiger partial charge is 0.252 e. The van der Waals surface area contributed by atoms with Gasteiger partial charge in [0.25, 0.3) is 5.91 Å². The highest BCUT2D eigenvalue weighted by Crippen LogP contribution is 2.29. The maximum atomic E-state index is 12.5. The van der Waals surface area contributed by atoms with E-state index < -0.39 is 0 Å². The first-order valence-electron chi connectivity index (χ1n) is 7.10. The molecule has 2 amide bonds. The van der Waals surface area contributed by atoms with Crippen molar-refractivity contribution >= 4 is 22.7 Å². The Bertz CT molecular complexity index is 725. The molecule has 0 saturated heterocycles. The molecule has 0 fully saturated rings. The van der Waals surface area contributed by atoms with Gasteiger partial charge in [0, 0.05) is 18.1 Å². The summed E-state index contributed by atoms with van der Waals surface area (Å²) in [6, 6.07) is 7.66. The summed E-state index contributed by atoms with van der Waals surface area (Å²) in [4.78, 5) is 28.5. The first-order valence-corrected chi connectivity index (χ1v) is 7.10. The minimum absolute atomic E-state index is 0.0131. The standard InChI is InChI=1S/C16H17N3O2/c1-17-14(20)9-18-16(21)15-10-5-2-3-7-12(10)19-13-8-4-6-11(13)15/h2-3,5,7H,4,6,8-9H2,1H3,(H,17,20)(H,18,21). The number of carbonyl (C=O) groups is 2. The highest BCUT2D eigenvalue weighted by molar-refractivity contribution is 6.08. The van der Waals surface area contributed by atoms with Gasteiger partial charge in [-0.05, 0) is 30.9 Å². The topological polar surface area (TPSA) is 71.1 Å². The molecule has 0 atom stereocenters. The Morgan fingerprint density at radius 2 is 2.05 bits per heavy atom. The first kappa shape index (κ1) is 13.5. The van der Waals surface area contributed by atoms with E-state index in [1.54, 1.807) is 7.05 Å². The van der Waals surface area contributed by atoms with Crippen LogP contribution in [0.15, 0.2) is 24.3 Å². The van der Waals surface area contributed by atoms with Gasteiger partial charge in [0.05, 0.1) is 17.6 Å². The number of hydrogen-bond donors (Lipinski definition) is 2. The van der Waals surface area contributed by atoms with Crippen molar-refractivity contribution in [1.29, 1.82) is 0 Å². The van der Waals surface area contributed by atoms with Gasteiger partial charge in [-0.25, -0.2) is 0 Å². The zero-order chi connectivity index (χ0) is 14.8. The Kier molecular flexibility index (Phi) is 3.56. The highest BCUT2D eigenvalue weighted by Gasteiger charge is 2.23. The minimum atomic E-state index is -0.210. The van der Waals surface area contributed by atoms with Crippen LogP contribution in [0.3, 0.4) is 0 Å². The fourth-order valence-electron chi connectivity index (χ4n) is 2.81. The van der Waals surface area contributed by atoms with Gasteiger partial charge in [0.2, 0.25) is 5.91 Å². The predicted octanol–water partition coefficient (Wildman–Crippen LogP) is 1.20. The van der Waals surface area contributed by atoms with Crippen molar-refractivity contribution in [3.63, 3.8) is 0 Å². The summed E-state index contributed by atoms with van der Waals surface area (Å²) in [6.07, 6.45) is 2.81. The molecule has 0 aliphatic heterocycles. The molecule has 0 bridgehead atoms. The SMILES string of the molecule is CNC(=O)CNC(=O)c1c2c(nc3ccccc13)CCC2. The number of hydrogen-bond acceptors (Lipinski definition) is 3. The molecule has 1 aliphatic rings. The van der Waals surface area contributed by atoms with E-state index in [0.717, 1.165) is 41.4 Å². The lowest BCUT2D eigenvalue weighted by Crippen LogP contribution is -2.35. The van der Waals surface area contributed by atoms with Crippen molar-refractivity contribution in [3.05, 3.63) is 41.1 Å². The number of rotatable bonds is 3. The summed E-state index contributed by atoms with van der Waals surface area (Å²) in [5.74, 6) is -0.409. The third-order valence-electron chi connectivity index (χ3n) is 3.83. The summed E-state index contributed by atoms with van der Waals surface area (Å²) in [5.41, 5.74) is 3.56. The van der Waals surface area contributed by atoms with Gasteiger partial charge >= 0.3 is 0 Å². The molecule has 0 spiro atoms. The number of para-hydroxylation sites is 1. The van der Waals surface area contributed by atoms with Gasteiger partial charge in [-0.15, -0.1) is 0 Å². The maximum absolute atomic E-state index is 12.5. The van der Waals surface area contributed by atoms with E-state index in [4.69, 9.17) is 0 Å². The van der Waals surface area contributed by atoms with Crippen LogP contribution in [0.1, 0.15) is 28.0 Å². The molecular weight excluding hydrogens is 266 g/mol. The van der Waals surface area contributed by atoms with E-state index in [0.29, 0.717) is 5.56 Å². The Hall–Kier alpha value is -2.43. The van der Waals surface area contributed by atoms with Gasteiger partial charge in [-0.2, -0.15) is 0 Å². The molecular formula is C16H17N3O2. The lowest BCUT2D eigenvalue weighted by molar-refractivity contribution is -0.119. The molecule has 1 heterocycles. The molecule has 1 aromatic heterocycles. The van der Waals surface area contributed by atoms with Crippen LogP contribution in [0.5, 0.6) is 0 Å². The number of aryl methyl sites for hydroxylation is 1. The average molecular weight is 283 g/mol. The van der Waals surface area contributed by atoms with E-state index in [1.165, 1.54) is 0 Å². The van der Waals surface area contributed by atoms with Crippen molar-refractivity contribution in [3.8, 4) is 0 Å². The van der Waals surface area contributed by atoms with Crippen LogP contribution < -0.4 is 10.6 Å². The van der Waals surface area contributed by atoms with Gasteiger partial charge < -0.3 is 10.6 Å². The van der Waals surface area contributed by atoms with Crippen LogP contribution in [0.25, 0.3) is 10.9 Å². The van der Waals surface area contributed by atoms with Crippen LogP contribution in [0.2, 0.25) is 0 Å². The Morgan fingerprint density at radius 1 is 1.24 bits per heavy atom. The van der Waals surface area contributed by atoms with E-state index in [9.17, 15) is 9.59 Å². The van der Waals surface area contributed by atoms with Gasteiger partial charge in [-0.1, -0.05) is 18.2 Å². The third kappa shape index (κ3) is 2.46. The fraction of sp³-hybridized carbons (Fsp3) is 0.312. The van der Waals surface area contributed by atoms with E-state index in [2.05, 4.69) is 15.6 Å². The van der Waals surface area contributed by atoms with Crippen molar-refractivity contribution in [2.24, 2.45) is 0 Å². The monoisotopic (exact) mass is 283 g/mol. The van der Waals surface area contributed by atoms with Crippen molar-refractivity contribution < 1.29 is 9.59 Å². The third-order valence-corrected chi connectivity index (χ3v) is 3.83. The first-order chi connectivity index (χ1) is 10.2. The normalized spacial score (nSPS) is 13.0. The molecule has 5 heteroatoms. The minimum Gasteiger partial charge on any atom is -0.358 e. The second-order valence-electron chi connectivity index (χ2n) is 5.14. The van der Waals surface area contributed by atoms with Crippen LogP contribution >= 0.6 is 0 Å². The van der Waals surface area contributed by atoms with E-state index in [1.807, 2.05) is 24.3 Å². The van der Waals surface area contributed by atoms with Crippen molar-refractivity contribution in [2.45, 2.75) is 19.3 Å². The summed E-state index contributed by atoms with van der Waals surface area (Å²) >= 11 is 0. The number of nitrogens with zero attached hydrogens (tertiary/aromatic N) is 1. The molecule has 2 aromatic rings. The molecule has 0 saturated carbocycles. The number of pyridine rings is 1. The van der Waals surface area contributed by atoms with Crippen molar-refractivity contribution in [1.82, 2.24) is 15.6 Å². The Morgan fingerprint density at radius 3 is 2.86 bits per heavy atom. The second kappa shape index (κ2) is 5.52. The van der Waals surface area contributed by atoms with Gasteiger partial charge in [0.15, 0.2) is 0 Å².